The number of hydrogen-bond donors (Lipinski definition) is 1. The third-order valence-corrected chi connectivity index (χ3v) is 2.59. The van der Waals surface area contributed by atoms with Crippen LogP contribution in [-0.4, -0.2) is 4.98 Å². The molecule has 1 heterocycles. The Balaban J connectivity index is 0.000000640. The average Bonchev–Trinajstić information content (AvgIpc) is 1.85. The predicted octanol–water partition coefficient (Wildman–Crippen LogP) is 2.22. The summed E-state index contributed by atoms with van der Waals surface area (Å²) >= 11 is 4.74. The Labute approximate surface area is 72.0 Å². The minimum Gasteiger partial charge on any atom is -0.375 e. The molecule has 52 valence electrons. The highest BCUT2D eigenvalue weighted by Gasteiger charge is 1.98. The van der Waals surface area contributed by atoms with E-state index in [0.29, 0.717) is 5.13 Å². The van der Waals surface area contributed by atoms with Crippen molar-refractivity contribution in [1.82, 2.24) is 4.98 Å². The van der Waals surface area contributed by atoms with Crippen molar-refractivity contribution in [3.8, 4) is 0 Å². The van der Waals surface area contributed by atoms with E-state index in [9.17, 15) is 0 Å². The number of thiazole rings is 1. The first-order chi connectivity index (χ1) is 3.70. The monoisotopic (exact) mass is 228 g/mol. The second-order valence-electron chi connectivity index (χ2n) is 1.41. The molecule has 0 bridgehead atoms. The lowest BCUT2D eigenvalue weighted by Gasteiger charge is -1.75. The second kappa shape index (κ2) is 3.39. The van der Waals surface area contributed by atoms with E-state index in [1.807, 2.05) is 6.92 Å². The van der Waals surface area contributed by atoms with Gasteiger partial charge in [-0.15, -0.1) is 12.4 Å². The molecule has 0 atom stereocenters. The molecule has 0 aliphatic rings. The summed E-state index contributed by atoms with van der Waals surface area (Å²) in [4.78, 5) is 3.96. The van der Waals surface area contributed by atoms with Crippen LogP contribution in [0.3, 0.4) is 0 Å². The SMILES string of the molecule is Cc1nc(N)sc1Br.Cl. The minimum absolute atomic E-state index is 0. The van der Waals surface area contributed by atoms with Crippen LogP contribution in [0.1, 0.15) is 5.69 Å². The third kappa shape index (κ3) is 2.12. The van der Waals surface area contributed by atoms with Gasteiger partial charge < -0.3 is 5.73 Å². The molecule has 9 heavy (non-hydrogen) atoms. The zero-order valence-electron chi connectivity index (χ0n) is 4.72. The molecule has 1 rings (SSSR count). The van der Waals surface area contributed by atoms with Gasteiger partial charge in [-0.25, -0.2) is 4.98 Å². The van der Waals surface area contributed by atoms with Gasteiger partial charge in [0.25, 0.3) is 0 Å². The molecule has 0 radical (unpaired) electrons. The molecule has 0 spiro atoms. The van der Waals surface area contributed by atoms with Crippen molar-refractivity contribution in [2.24, 2.45) is 0 Å². The molecule has 0 fully saturated rings. The minimum atomic E-state index is 0. The van der Waals surface area contributed by atoms with E-state index in [4.69, 9.17) is 5.73 Å². The molecule has 1 aromatic heterocycles. The molecule has 0 aromatic carbocycles. The summed E-state index contributed by atoms with van der Waals surface area (Å²) in [5.41, 5.74) is 6.32. The van der Waals surface area contributed by atoms with Crippen LogP contribution in [0.2, 0.25) is 0 Å². The van der Waals surface area contributed by atoms with E-state index in [0.717, 1.165) is 9.48 Å². The number of aryl methyl sites for hydroxylation is 1. The summed E-state index contributed by atoms with van der Waals surface area (Å²) in [7, 11) is 0. The maximum atomic E-state index is 5.36. The Kier molecular flexibility index (Phi) is 3.46. The number of nitrogens with two attached hydrogens (primary N) is 1. The van der Waals surface area contributed by atoms with Crippen molar-refractivity contribution in [3.05, 3.63) is 9.48 Å². The van der Waals surface area contributed by atoms with Gasteiger partial charge in [0.05, 0.1) is 9.48 Å². The summed E-state index contributed by atoms with van der Waals surface area (Å²) in [6.07, 6.45) is 0. The number of aromatic nitrogens is 1. The van der Waals surface area contributed by atoms with E-state index >= 15 is 0 Å². The first-order valence-corrected chi connectivity index (χ1v) is 3.69. The van der Waals surface area contributed by atoms with Crippen LogP contribution in [0.15, 0.2) is 3.79 Å². The van der Waals surface area contributed by atoms with Crippen LogP contribution >= 0.6 is 39.7 Å². The Hall–Kier alpha value is 0.200. The number of anilines is 1. The van der Waals surface area contributed by atoms with Crippen LogP contribution in [0.4, 0.5) is 5.13 Å². The molecular weight excluding hydrogens is 223 g/mol. The van der Waals surface area contributed by atoms with Crippen molar-refractivity contribution in [2.75, 3.05) is 5.73 Å². The molecule has 0 saturated carbocycles. The van der Waals surface area contributed by atoms with Crippen molar-refractivity contribution in [1.29, 1.82) is 0 Å². The molecule has 2 nitrogen and oxygen atoms in total. The van der Waals surface area contributed by atoms with Crippen LogP contribution in [0, 0.1) is 6.92 Å². The van der Waals surface area contributed by atoms with Crippen LogP contribution in [0.5, 0.6) is 0 Å². The average molecular weight is 230 g/mol. The van der Waals surface area contributed by atoms with Gasteiger partial charge in [0.2, 0.25) is 0 Å². The van der Waals surface area contributed by atoms with E-state index in [2.05, 4.69) is 20.9 Å². The Bertz CT molecular complexity index is 181. The predicted molar refractivity (Wildman–Crippen MR) is 46.2 cm³/mol. The maximum Gasteiger partial charge on any atom is 0.181 e. The second-order valence-corrected chi connectivity index (χ2v) is 3.76. The van der Waals surface area contributed by atoms with E-state index in [1.165, 1.54) is 11.3 Å². The van der Waals surface area contributed by atoms with Crippen molar-refractivity contribution in [2.45, 2.75) is 6.92 Å². The van der Waals surface area contributed by atoms with Gasteiger partial charge in [0.1, 0.15) is 0 Å². The Morgan fingerprint density at radius 3 is 2.33 bits per heavy atom. The highest BCUT2D eigenvalue weighted by molar-refractivity contribution is 9.11. The fourth-order valence-corrected chi connectivity index (χ4v) is 1.54. The smallest absolute Gasteiger partial charge is 0.181 e. The highest BCUT2D eigenvalue weighted by atomic mass is 79.9. The molecule has 0 amide bonds. The largest absolute Gasteiger partial charge is 0.375 e. The first-order valence-electron chi connectivity index (χ1n) is 2.08. The van der Waals surface area contributed by atoms with Crippen molar-refractivity contribution >= 4 is 44.8 Å². The fourth-order valence-electron chi connectivity index (χ4n) is 0.398. The number of rotatable bonds is 0. The van der Waals surface area contributed by atoms with E-state index < -0.39 is 0 Å². The van der Waals surface area contributed by atoms with Gasteiger partial charge in [-0.2, -0.15) is 0 Å². The van der Waals surface area contributed by atoms with Gasteiger partial charge in [-0.1, -0.05) is 11.3 Å². The summed E-state index contributed by atoms with van der Waals surface area (Å²) in [5, 5.41) is 0.620. The standard InChI is InChI=1S/C4H5BrN2S.ClH/c1-2-3(5)8-4(6)7-2;/h1H3,(H2,6,7);1H. The van der Waals surface area contributed by atoms with Crippen LogP contribution in [0.25, 0.3) is 0 Å². The topological polar surface area (TPSA) is 38.9 Å². The Morgan fingerprint density at radius 1 is 1.67 bits per heavy atom. The molecular formula is C4H6BrClN2S. The lowest BCUT2D eigenvalue weighted by molar-refractivity contribution is 1.26. The van der Waals surface area contributed by atoms with E-state index in [-0.39, 0.29) is 12.4 Å². The van der Waals surface area contributed by atoms with Crippen LogP contribution in [-0.2, 0) is 0 Å². The lowest BCUT2D eigenvalue weighted by Crippen LogP contribution is -1.80. The third-order valence-electron chi connectivity index (χ3n) is 0.757. The number of hydrogen-bond acceptors (Lipinski definition) is 3. The van der Waals surface area contributed by atoms with Gasteiger partial charge >= 0.3 is 0 Å². The molecule has 0 saturated heterocycles. The molecule has 0 aliphatic heterocycles. The molecule has 1 aromatic rings. The fraction of sp³-hybridized carbons (Fsp3) is 0.250. The molecule has 5 heteroatoms. The summed E-state index contributed by atoms with van der Waals surface area (Å²) in [6.45, 7) is 1.91. The quantitative estimate of drug-likeness (QED) is 0.741. The molecule has 2 N–H and O–H groups in total. The summed E-state index contributed by atoms with van der Waals surface area (Å²) in [5.74, 6) is 0. The van der Waals surface area contributed by atoms with Gasteiger partial charge in [-0.05, 0) is 22.9 Å². The van der Waals surface area contributed by atoms with Gasteiger partial charge in [0, 0.05) is 0 Å². The number of halogens is 2. The van der Waals surface area contributed by atoms with Crippen molar-refractivity contribution in [3.63, 3.8) is 0 Å². The van der Waals surface area contributed by atoms with Gasteiger partial charge in [-0.3, -0.25) is 0 Å². The highest BCUT2D eigenvalue weighted by Crippen LogP contribution is 2.24. The maximum absolute atomic E-state index is 5.36. The van der Waals surface area contributed by atoms with Crippen LogP contribution < -0.4 is 5.73 Å². The summed E-state index contributed by atoms with van der Waals surface area (Å²) in [6, 6.07) is 0. The first kappa shape index (κ1) is 9.20. The van der Waals surface area contributed by atoms with Gasteiger partial charge in [0.15, 0.2) is 5.13 Å². The van der Waals surface area contributed by atoms with Crippen molar-refractivity contribution < 1.29 is 0 Å². The molecule has 0 aliphatic carbocycles. The normalized spacial score (nSPS) is 8.67. The number of nitrogens with zero attached hydrogens (tertiary/aromatic N) is 1. The summed E-state index contributed by atoms with van der Waals surface area (Å²) < 4.78 is 1.02. The zero-order valence-corrected chi connectivity index (χ0v) is 7.94. The zero-order chi connectivity index (χ0) is 6.15. The number of nitrogen functional groups attached to an aromatic ring is 1. The molecule has 0 unspecified atom stereocenters. The lowest BCUT2D eigenvalue weighted by atomic mass is 10.6. The Morgan fingerprint density at radius 2 is 2.22 bits per heavy atom. The van der Waals surface area contributed by atoms with E-state index in [1.54, 1.807) is 0 Å².